The highest BCUT2D eigenvalue weighted by molar-refractivity contribution is 5.96. The van der Waals surface area contributed by atoms with Crippen LogP contribution in [0, 0.1) is 6.92 Å². The molecule has 0 radical (unpaired) electrons. The second-order valence-corrected chi connectivity index (χ2v) is 6.89. The lowest BCUT2D eigenvalue weighted by molar-refractivity contribution is -0.154. The fourth-order valence-corrected chi connectivity index (χ4v) is 2.66. The molecule has 0 fully saturated rings. The van der Waals surface area contributed by atoms with E-state index < -0.39 is 24.7 Å². The molecule has 0 saturated heterocycles. The molecule has 0 aromatic carbocycles. The van der Waals surface area contributed by atoms with Crippen molar-refractivity contribution in [3.8, 4) is 11.6 Å². The van der Waals surface area contributed by atoms with Gasteiger partial charge in [-0.05, 0) is 44.5 Å². The second kappa shape index (κ2) is 10.8. The van der Waals surface area contributed by atoms with Crippen LogP contribution in [0.1, 0.15) is 54.8 Å². The summed E-state index contributed by atoms with van der Waals surface area (Å²) in [5, 5.41) is 5.40. The van der Waals surface area contributed by atoms with Gasteiger partial charge in [-0.15, -0.1) is 0 Å². The molecule has 0 saturated carbocycles. The summed E-state index contributed by atoms with van der Waals surface area (Å²) in [6.07, 6.45) is -2.93. The van der Waals surface area contributed by atoms with Crippen molar-refractivity contribution < 1.29 is 32.2 Å². The van der Waals surface area contributed by atoms with Crippen LogP contribution < -0.4 is 20.1 Å². The molecule has 174 valence electrons. The van der Waals surface area contributed by atoms with Crippen LogP contribution in [0.4, 0.5) is 19.0 Å². The number of aromatic nitrogens is 2. The number of nitrogens with zero attached hydrogens (tertiary/aromatic N) is 2. The van der Waals surface area contributed by atoms with Gasteiger partial charge >= 0.3 is 6.18 Å². The Balaban J connectivity index is 2.17. The van der Waals surface area contributed by atoms with Gasteiger partial charge in [0.25, 0.3) is 11.8 Å². The molecule has 2 amide bonds. The molecule has 0 aliphatic carbocycles. The van der Waals surface area contributed by atoms with Crippen LogP contribution >= 0.6 is 0 Å². The number of alkyl halides is 3. The Kier molecular flexibility index (Phi) is 8.39. The third kappa shape index (κ3) is 7.40. The Bertz CT molecular complexity index is 967. The Morgan fingerprint density at radius 3 is 2.50 bits per heavy atom. The highest BCUT2D eigenvalue weighted by Gasteiger charge is 2.29. The number of ether oxygens (including phenoxy) is 2. The highest BCUT2D eigenvalue weighted by atomic mass is 19.4. The molecule has 8 nitrogen and oxygen atoms in total. The third-order valence-corrected chi connectivity index (χ3v) is 4.16. The number of anilines is 1. The lowest BCUT2D eigenvalue weighted by Gasteiger charge is -2.18. The zero-order valence-corrected chi connectivity index (χ0v) is 18.2. The van der Waals surface area contributed by atoms with Crippen LogP contribution in [0.2, 0.25) is 0 Å². The largest absolute Gasteiger partial charge is 0.488 e. The first-order valence-corrected chi connectivity index (χ1v) is 9.94. The van der Waals surface area contributed by atoms with Gasteiger partial charge in [-0.3, -0.25) is 9.59 Å². The number of carbonyl (C=O) groups excluding carboxylic acids is 2. The van der Waals surface area contributed by atoms with Crippen LogP contribution in [0.3, 0.4) is 0 Å². The summed E-state index contributed by atoms with van der Waals surface area (Å²) in [5.41, 5.74) is 1.34. The molecule has 2 heterocycles. The molecule has 1 unspecified atom stereocenters. The average Bonchev–Trinajstić information content (AvgIpc) is 2.71. The van der Waals surface area contributed by atoms with Gasteiger partial charge < -0.3 is 20.1 Å². The van der Waals surface area contributed by atoms with E-state index in [0.29, 0.717) is 16.8 Å². The van der Waals surface area contributed by atoms with Gasteiger partial charge in [0, 0.05) is 23.9 Å². The normalized spacial score (nSPS) is 12.1. The van der Waals surface area contributed by atoms with Crippen molar-refractivity contribution in [2.24, 2.45) is 0 Å². The monoisotopic (exact) mass is 454 g/mol. The minimum Gasteiger partial charge on any atom is -0.488 e. The zero-order chi connectivity index (χ0) is 23.9. The smallest absolute Gasteiger partial charge is 0.422 e. The van der Waals surface area contributed by atoms with Gasteiger partial charge in [0.1, 0.15) is 5.82 Å². The van der Waals surface area contributed by atoms with E-state index in [0.717, 1.165) is 0 Å². The van der Waals surface area contributed by atoms with Gasteiger partial charge in [-0.2, -0.15) is 13.2 Å². The summed E-state index contributed by atoms with van der Waals surface area (Å²) in [6, 6.07) is 3.95. The molecule has 1 atom stereocenters. The van der Waals surface area contributed by atoms with E-state index in [-0.39, 0.29) is 36.4 Å². The summed E-state index contributed by atoms with van der Waals surface area (Å²) in [5.74, 6) is -0.635. The summed E-state index contributed by atoms with van der Waals surface area (Å²) in [7, 11) is 0. The fraction of sp³-hybridized carbons (Fsp3) is 0.429. The van der Waals surface area contributed by atoms with E-state index in [1.54, 1.807) is 33.8 Å². The van der Waals surface area contributed by atoms with Gasteiger partial charge in [-0.1, -0.05) is 6.92 Å². The second-order valence-electron chi connectivity index (χ2n) is 6.89. The summed E-state index contributed by atoms with van der Waals surface area (Å²) in [4.78, 5) is 32.4. The number of halogens is 3. The number of nitrogens with one attached hydrogen (secondary N) is 2. The fourth-order valence-electron chi connectivity index (χ4n) is 2.66. The van der Waals surface area contributed by atoms with E-state index in [2.05, 4.69) is 20.6 Å². The summed E-state index contributed by atoms with van der Waals surface area (Å²) >= 11 is 0. The maximum absolute atomic E-state index is 12.7. The van der Waals surface area contributed by atoms with E-state index >= 15 is 0 Å². The molecular formula is C21H25F3N4O4. The number of amides is 2. The van der Waals surface area contributed by atoms with Crippen molar-refractivity contribution in [3.05, 3.63) is 41.2 Å². The average molecular weight is 454 g/mol. The standard InChI is InChI=1S/C21H25F3N4O4/c1-5-18(29)28-17-9-14(7-12(3)26-17)19(30)27-13(4)15-8-16(31-6-2)20(25-10-15)32-11-21(22,23)24/h7-10,13H,5-6,11H2,1-4H3,(H,27,30)(H,26,28,29). The van der Waals surface area contributed by atoms with Crippen LogP contribution in [0.25, 0.3) is 0 Å². The molecule has 0 aliphatic heterocycles. The number of rotatable bonds is 9. The highest BCUT2D eigenvalue weighted by Crippen LogP contribution is 2.29. The SMILES string of the molecule is CCOc1cc(C(C)NC(=O)c2cc(C)nc(NC(=O)CC)c2)cnc1OCC(F)(F)F. The van der Waals surface area contributed by atoms with Crippen molar-refractivity contribution in [2.75, 3.05) is 18.5 Å². The molecule has 0 spiro atoms. The first-order chi connectivity index (χ1) is 15.0. The maximum Gasteiger partial charge on any atom is 0.422 e. The predicted octanol–water partition coefficient (Wildman–Crippen LogP) is 3.96. The molecule has 0 bridgehead atoms. The first kappa shape index (κ1) is 24.9. The first-order valence-electron chi connectivity index (χ1n) is 9.94. The van der Waals surface area contributed by atoms with E-state index in [4.69, 9.17) is 9.47 Å². The van der Waals surface area contributed by atoms with E-state index in [9.17, 15) is 22.8 Å². The van der Waals surface area contributed by atoms with Gasteiger partial charge in [0.2, 0.25) is 5.91 Å². The van der Waals surface area contributed by atoms with Crippen molar-refractivity contribution in [1.29, 1.82) is 0 Å². The van der Waals surface area contributed by atoms with Crippen LogP contribution in [-0.4, -0.2) is 41.2 Å². The lowest BCUT2D eigenvalue weighted by Crippen LogP contribution is -2.27. The quantitative estimate of drug-likeness (QED) is 0.595. The van der Waals surface area contributed by atoms with E-state index in [1.807, 2.05) is 0 Å². The Hall–Kier alpha value is -3.37. The number of pyridine rings is 2. The number of hydrogen-bond donors (Lipinski definition) is 2. The molecule has 2 aromatic heterocycles. The Morgan fingerprint density at radius 2 is 1.88 bits per heavy atom. The van der Waals surface area contributed by atoms with Crippen LogP contribution in [0.5, 0.6) is 11.6 Å². The number of hydrogen-bond acceptors (Lipinski definition) is 6. The maximum atomic E-state index is 12.7. The van der Waals surface area contributed by atoms with E-state index in [1.165, 1.54) is 18.3 Å². The van der Waals surface area contributed by atoms with Crippen molar-refractivity contribution in [2.45, 2.75) is 46.3 Å². The third-order valence-electron chi connectivity index (χ3n) is 4.16. The molecular weight excluding hydrogens is 429 g/mol. The van der Waals surface area contributed by atoms with Crippen molar-refractivity contribution in [3.63, 3.8) is 0 Å². The molecule has 0 aliphatic rings. The lowest BCUT2D eigenvalue weighted by atomic mass is 10.1. The molecule has 2 aromatic rings. The Morgan fingerprint density at radius 1 is 1.16 bits per heavy atom. The van der Waals surface area contributed by atoms with Crippen molar-refractivity contribution >= 4 is 17.6 Å². The molecule has 11 heteroatoms. The summed E-state index contributed by atoms with van der Waals surface area (Å²) in [6.45, 7) is 5.45. The zero-order valence-electron chi connectivity index (χ0n) is 18.2. The minimum atomic E-state index is -4.51. The molecule has 32 heavy (non-hydrogen) atoms. The summed E-state index contributed by atoms with van der Waals surface area (Å²) < 4.78 is 47.4. The predicted molar refractivity (Wildman–Crippen MR) is 111 cm³/mol. The van der Waals surface area contributed by atoms with Gasteiger partial charge in [0.15, 0.2) is 12.4 Å². The van der Waals surface area contributed by atoms with Crippen LogP contribution in [-0.2, 0) is 4.79 Å². The molecule has 2 N–H and O–H groups in total. The van der Waals surface area contributed by atoms with Gasteiger partial charge in [-0.25, -0.2) is 9.97 Å². The Labute approximate surface area is 183 Å². The topological polar surface area (TPSA) is 102 Å². The number of carbonyl (C=O) groups is 2. The van der Waals surface area contributed by atoms with Crippen LogP contribution in [0.15, 0.2) is 24.4 Å². The molecule has 2 rings (SSSR count). The van der Waals surface area contributed by atoms with Crippen molar-refractivity contribution in [1.82, 2.24) is 15.3 Å². The van der Waals surface area contributed by atoms with Gasteiger partial charge in [0.05, 0.1) is 12.6 Å². The minimum absolute atomic E-state index is 0.0414. The number of aryl methyl sites for hydroxylation is 1.